The fraction of sp³-hybridized carbons (Fsp3) is 0.320. The van der Waals surface area contributed by atoms with Crippen molar-refractivity contribution in [2.75, 3.05) is 33.3 Å². The average molecular weight is 456 g/mol. The van der Waals surface area contributed by atoms with Crippen molar-refractivity contribution in [3.05, 3.63) is 71.8 Å². The molecule has 0 aromatic heterocycles. The van der Waals surface area contributed by atoms with Crippen LogP contribution in [0.15, 0.2) is 60.7 Å². The molecule has 4 rings (SSSR count). The molecule has 174 valence electrons. The number of hydrogen-bond acceptors (Lipinski definition) is 5. The molecule has 0 aliphatic carbocycles. The van der Waals surface area contributed by atoms with E-state index in [0.29, 0.717) is 18.7 Å². The van der Waals surface area contributed by atoms with Crippen molar-refractivity contribution in [1.29, 1.82) is 0 Å². The van der Waals surface area contributed by atoms with E-state index in [2.05, 4.69) is 27.8 Å². The van der Waals surface area contributed by atoms with E-state index in [-0.39, 0.29) is 18.4 Å². The number of benzene rings is 3. The van der Waals surface area contributed by atoms with Crippen LogP contribution in [-0.2, 0) is 17.9 Å². The number of amides is 1. The molecule has 3 aromatic rings. The van der Waals surface area contributed by atoms with Crippen LogP contribution in [-0.4, -0.2) is 55.8 Å². The SMILES string of the molecule is COc1ccc2ccccc2c1CN1CCN(C(=O)OCc2ccc(OC(F)F)cc2)CC1. The van der Waals surface area contributed by atoms with E-state index >= 15 is 0 Å². The number of rotatable bonds is 7. The predicted molar refractivity (Wildman–Crippen MR) is 121 cm³/mol. The van der Waals surface area contributed by atoms with E-state index < -0.39 is 6.61 Å². The summed E-state index contributed by atoms with van der Waals surface area (Å²) < 4.78 is 39.8. The Bertz CT molecular complexity index is 1080. The summed E-state index contributed by atoms with van der Waals surface area (Å²) in [5.41, 5.74) is 1.84. The molecule has 0 spiro atoms. The maximum Gasteiger partial charge on any atom is 0.410 e. The number of ether oxygens (including phenoxy) is 3. The minimum absolute atomic E-state index is 0.0685. The zero-order chi connectivity index (χ0) is 23.2. The third kappa shape index (κ3) is 5.70. The van der Waals surface area contributed by atoms with Crippen LogP contribution in [0.2, 0.25) is 0 Å². The summed E-state index contributed by atoms with van der Waals surface area (Å²) in [6, 6.07) is 18.3. The van der Waals surface area contributed by atoms with Crippen LogP contribution in [0.3, 0.4) is 0 Å². The largest absolute Gasteiger partial charge is 0.496 e. The third-order valence-corrected chi connectivity index (χ3v) is 5.74. The molecule has 0 unspecified atom stereocenters. The normalized spacial score (nSPS) is 14.5. The molecule has 1 aliphatic heterocycles. The molecular formula is C25H26F2N2O4. The van der Waals surface area contributed by atoms with E-state index in [0.717, 1.165) is 30.9 Å². The summed E-state index contributed by atoms with van der Waals surface area (Å²) in [7, 11) is 1.68. The van der Waals surface area contributed by atoms with Crippen molar-refractivity contribution in [1.82, 2.24) is 9.80 Å². The van der Waals surface area contributed by atoms with Gasteiger partial charge in [0.25, 0.3) is 0 Å². The van der Waals surface area contributed by atoms with Crippen LogP contribution < -0.4 is 9.47 Å². The van der Waals surface area contributed by atoms with Crippen molar-refractivity contribution >= 4 is 16.9 Å². The number of carbonyl (C=O) groups is 1. The average Bonchev–Trinajstić information content (AvgIpc) is 2.84. The molecule has 0 N–H and O–H groups in total. The van der Waals surface area contributed by atoms with Gasteiger partial charge in [-0.25, -0.2) is 4.79 Å². The predicted octanol–water partition coefficient (Wildman–Crippen LogP) is 4.90. The Hall–Kier alpha value is -3.39. The lowest BCUT2D eigenvalue weighted by atomic mass is 10.0. The molecule has 1 heterocycles. The molecule has 3 aromatic carbocycles. The molecule has 1 saturated heterocycles. The van der Waals surface area contributed by atoms with E-state index in [1.54, 1.807) is 24.1 Å². The molecule has 0 atom stereocenters. The highest BCUT2D eigenvalue weighted by Crippen LogP contribution is 2.29. The first kappa shape index (κ1) is 22.8. The van der Waals surface area contributed by atoms with Gasteiger partial charge >= 0.3 is 12.7 Å². The number of fused-ring (bicyclic) bond motifs is 1. The second-order valence-corrected chi connectivity index (χ2v) is 7.81. The van der Waals surface area contributed by atoms with Gasteiger partial charge < -0.3 is 19.1 Å². The number of carbonyl (C=O) groups excluding carboxylic acids is 1. The summed E-state index contributed by atoms with van der Waals surface area (Å²) in [4.78, 5) is 16.5. The maximum atomic E-state index is 12.5. The number of halogens is 2. The van der Waals surface area contributed by atoms with E-state index in [4.69, 9.17) is 9.47 Å². The minimum Gasteiger partial charge on any atom is -0.496 e. The molecule has 1 aliphatic rings. The molecule has 33 heavy (non-hydrogen) atoms. The van der Waals surface area contributed by atoms with Gasteiger partial charge in [-0.3, -0.25) is 4.90 Å². The number of alkyl halides is 2. The molecule has 1 fully saturated rings. The highest BCUT2D eigenvalue weighted by atomic mass is 19.3. The van der Waals surface area contributed by atoms with Gasteiger partial charge in [-0.2, -0.15) is 8.78 Å². The number of nitrogens with zero attached hydrogens (tertiary/aromatic N) is 2. The molecule has 0 radical (unpaired) electrons. The van der Waals surface area contributed by atoms with Crippen molar-refractivity contribution in [2.24, 2.45) is 0 Å². The standard InChI is InChI=1S/C25H26F2N2O4/c1-31-23-11-8-19-4-2-3-5-21(19)22(23)16-28-12-14-29(15-13-28)25(30)32-17-18-6-9-20(10-7-18)33-24(26)27/h2-11,24H,12-17H2,1H3. The topological polar surface area (TPSA) is 51.2 Å². The lowest BCUT2D eigenvalue weighted by Crippen LogP contribution is -2.48. The van der Waals surface area contributed by atoms with Crippen LogP contribution >= 0.6 is 0 Å². The number of hydrogen-bond donors (Lipinski definition) is 0. The first-order valence-electron chi connectivity index (χ1n) is 10.8. The summed E-state index contributed by atoms with van der Waals surface area (Å²) >= 11 is 0. The molecule has 1 amide bonds. The Morgan fingerprint density at radius 2 is 1.70 bits per heavy atom. The van der Waals surface area contributed by atoms with Crippen LogP contribution in [0.1, 0.15) is 11.1 Å². The second-order valence-electron chi connectivity index (χ2n) is 7.81. The van der Waals surface area contributed by atoms with Crippen LogP contribution in [0, 0.1) is 0 Å². The second kappa shape index (κ2) is 10.5. The van der Waals surface area contributed by atoms with E-state index in [1.807, 2.05) is 18.2 Å². The van der Waals surface area contributed by atoms with Crippen molar-refractivity contribution in [3.8, 4) is 11.5 Å². The zero-order valence-electron chi connectivity index (χ0n) is 18.4. The fourth-order valence-corrected chi connectivity index (χ4v) is 3.99. The lowest BCUT2D eigenvalue weighted by molar-refractivity contribution is -0.0498. The highest BCUT2D eigenvalue weighted by Gasteiger charge is 2.23. The quantitative estimate of drug-likeness (QED) is 0.506. The van der Waals surface area contributed by atoms with Gasteiger partial charge in [-0.05, 0) is 34.5 Å². The van der Waals surface area contributed by atoms with Gasteiger partial charge in [0.2, 0.25) is 0 Å². The Morgan fingerprint density at radius 1 is 0.970 bits per heavy atom. The first-order chi connectivity index (χ1) is 16.0. The summed E-state index contributed by atoms with van der Waals surface area (Å²) in [5, 5.41) is 2.34. The van der Waals surface area contributed by atoms with E-state index in [9.17, 15) is 13.6 Å². The van der Waals surface area contributed by atoms with Gasteiger partial charge in [0.1, 0.15) is 18.1 Å². The molecule has 8 heteroatoms. The number of methoxy groups -OCH3 is 1. The Morgan fingerprint density at radius 3 is 2.39 bits per heavy atom. The first-order valence-corrected chi connectivity index (χ1v) is 10.8. The Labute approximate surface area is 191 Å². The van der Waals surface area contributed by atoms with Crippen LogP contribution in [0.25, 0.3) is 10.8 Å². The zero-order valence-corrected chi connectivity index (χ0v) is 18.4. The van der Waals surface area contributed by atoms with Crippen molar-refractivity contribution in [3.63, 3.8) is 0 Å². The molecule has 0 bridgehead atoms. The van der Waals surface area contributed by atoms with Gasteiger partial charge in [-0.1, -0.05) is 42.5 Å². The summed E-state index contributed by atoms with van der Waals surface area (Å²) in [5.74, 6) is 0.930. The van der Waals surface area contributed by atoms with Gasteiger partial charge in [0, 0.05) is 38.3 Å². The maximum absolute atomic E-state index is 12.5. The minimum atomic E-state index is -2.87. The van der Waals surface area contributed by atoms with Crippen LogP contribution in [0.5, 0.6) is 11.5 Å². The van der Waals surface area contributed by atoms with Crippen LogP contribution in [0.4, 0.5) is 13.6 Å². The summed E-state index contributed by atoms with van der Waals surface area (Å²) in [6.45, 7) is 0.512. The van der Waals surface area contributed by atoms with E-state index in [1.165, 1.54) is 22.9 Å². The van der Waals surface area contributed by atoms with Crippen molar-refractivity contribution in [2.45, 2.75) is 19.8 Å². The molecular weight excluding hydrogens is 430 g/mol. The van der Waals surface area contributed by atoms with Gasteiger partial charge in [0.15, 0.2) is 0 Å². The molecule has 6 nitrogen and oxygen atoms in total. The number of piperazine rings is 1. The fourth-order valence-electron chi connectivity index (χ4n) is 3.99. The third-order valence-electron chi connectivity index (χ3n) is 5.74. The monoisotopic (exact) mass is 456 g/mol. The van der Waals surface area contributed by atoms with Crippen molar-refractivity contribution < 1.29 is 27.8 Å². The Kier molecular flexibility index (Phi) is 7.24. The Balaban J connectivity index is 1.29. The van der Waals surface area contributed by atoms with Gasteiger partial charge in [-0.15, -0.1) is 0 Å². The highest BCUT2D eigenvalue weighted by molar-refractivity contribution is 5.87. The smallest absolute Gasteiger partial charge is 0.410 e. The summed E-state index contributed by atoms with van der Waals surface area (Å²) in [6.07, 6.45) is -0.384. The lowest BCUT2D eigenvalue weighted by Gasteiger charge is -2.34. The van der Waals surface area contributed by atoms with Gasteiger partial charge in [0.05, 0.1) is 7.11 Å². The molecule has 0 saturated carbocycles.